The Morgan fingerprint density at radius 1 is 1.21 bits per heavy atom. The zero-order chi connectivity index (χ0) is 31.1. The molecule has 224 valence electrons. The van der Waals surface area contributed by atoms with Gasteiger partial charge in [0.1, 0.15) is 11.9 Å². The highest BCUT2D eigenvalue weighted by Crippen LogP contribution is 2.45. The molecule has 1 saturated carbocycles. The predicted molar refractivity (Wildman–Crippen MR) is 157 cm³/mol. The lowest BCUT2D eigenvalue weighted by Gasteiger charge is -2.38. The normalized spacial score (nSPS) is 16.1. The Labute approximate surface area is 248 Å². The van der Waals surface area contributed by atoms with Crippen molar-refractivity contribution in [3.8, 4) is 17.3 Å². The summed E-state index contributed by atoms with van der Waals surface area (Å²) in [6, 6.07) is 9.42. The van der Waals surface area contributed by atoms with Gasteiger partial charge in [-0.1, -0.05) is 44.4 Å². The Morgan fingerprint density at radius 2 is 1.88 bits per heavy atom. The van der Waals surface area contributed by atoms with E-state index in [-0.39, 0.29) is 38.6 Å². The molecular weight excluding hydrogens is 576 g/mol. The number of nitrogens with one attached hydrogen (secondary N) is 1. The third-order valence-corrected chi connectivity index (χ3v) is 10.1. The van der Waals surface area contributed by atoms with Crippen LogP contribution in [0, 0.1) is 41.2 Å². The first-order chi connectivity index (χ1) is 20.4. The molecule has 9 nitrogen and oxygen atoms in total. The van der Waals surface area contributed by atoms with Crippen molar-refractivity contribution in [3.63, 3.8) is 0 Å². The van der Waals surface area contributed by atoms with Gasteiger partial charge in [-0.2, -0.15) is 5.26 Å². The Morgan fingerprint density at radius 3 is 2.49 bits per heavy atom. The average molecular weight is 608 g/mol. The number of rotatable bonds is 9. The summed E-state index contributed by atoms with van der Waals surface area (Å²) in [7, 11) is -4.22. The van der Waals surface area contributed by atoms with Gasteiger partial charge in [0.2, 0.25) is 0 Å². The van der Waals surface area contributed by atoms with Crippen molar-refractivity contribution in [1.29, 1.82) is 5.26 Å². The van der Waals surface area contributed by atoms with E-state index in [1.807, 2.05) is 19.9 Å². The third-order valence-electron chi connectivity index (χ3n) is 8.46. The number of halogens is 2. The van der Waals surface area contributed by atoms with E-state index in [0.29, 0.717) is 6.42 Å². The van der Waals surface area contributed by atoms with Gasteiger partial charge in [0.05, 0.1) is 28.3 Å². The van der Waals surface area contributed by atoms with Crippen LogP contribution in [0.4, 0.5) is 14.6 Å². The Hall–Kier alpha value is -4.37. The van der Waals surface area contributed by atoms with Crippen LogP contribution in [0.1, 0.15) is 57.1 Å². The number of carboxylic acids is 1. The summed E-state index contributed by atoms with van der Waals surface area (Å²) in [5.74, 6) is -3.76. The summed E-state index contributed by atoms with van der Waals surface area (Å²) in [6.45, 7) is 5.55. The molecule has 0 radical (unpaired) electrons. The number of nitrogens with zero attached hydrogens (tertiary/aromatic N) is 4. The van der Waals surface area contributed by atoms with Crippen LogP contribution in [0.2, 0.25) is 0 Å². The molecule has 5 rings (SSSR count). The maximum atomic E-state index is 15.5. The first-order valence-corrected chi connectivity index (χ1v) is 15.4. The number of nitriles is 1. The minimum atomic E-state index is -4.22. The third kappa shape index (κ3) is 5.45. The molecule has 3 aromatic heterocycles. The van der Waals surface area contributed by atoms with Gasteiger partial charge in [-0.15, -0.1) is 0 Å². The molecular formula is C31H31F2N5O4S. The molecule has 0 amide bonds. The zero-order valence-corrected chi connectivity index (χ0v) is 24.8. The van der Waals surface area contributed by atoms with Gasteiger partial charge in [0, 0.05) is 23.2 Å². The quantitative estimate of drug-likeness (QED) is 0.227. The molecule has 4 aromatic rings. The summed E-state index contributed by atoms with van der Waals surface area (Å²) in [5.41, 5.74) is 0.0330. The molecule has 0 aliphatic heterocycles. The average Bonchev–Trinajstić information content (AvgIpc) is 3.58. The van der Waals surface area contributed by atoms with E-state index >= 15 is 4.39 Å². The van der Waals surface area contributed by atoms with E-state index in [2.05, 4.69) is 15.3 Å². The van der Waals surface area contributed by atoms with Crippen molar-refractivity contribution in [3.05, 3.63) is 71.6 Å². The summed E-state index contributed by atoms with van der Waals surface area (Å²) >= 11 is 0. The lowest BCUT2D eigenvalue weighted by molar-refractivity contribution is -0.143. The van der Waals surface area contributed by atoms with Crippen LogP contribution >= 0.6 is 0 Å². The minimum absolute atomic E-state index is 0.0328. The van der Waals surface area contributed by atoms with Crippen molar-refractivity contribution in [2.24, 2.45) is 11.3 Å². The highest BCUT2D eigenvalue weighted by Gasteiger charge is 2.44. The SMILES string of the molecule is CC[C@@H](C(=O)O)C(Nc1nc(-c2cn(S(=O)(=O)c3ccc(C)cc3)c3ncc(F)cc23)c(C#N)cc1F)C1(C)CCCC1. The Bertz CT molecular complexity index is 1860. The molecule has 1 aliphatic rings. The van der Waals surface area contributed by atoms with Crippen LogP contribution in [0.15, 0.2) is 53.7 Å². The Kier molecular flexibility index (Phi) is 7.96. The number of hydrogen-bond acceptors (Lipinski definition) is 7. The second kappa shape index (κ2) is 11.4. The molecule has 2 N–H and O–H groups in total. The summed E-state index contributed by atoms with van der Waals surface area (Å²) in [6.07, 6.45) is 5.68. The standard InChI is InChI=1S/C31H31F2N5O4S/c1-4-22(30(39)40)27(31(3)11-5-6-12-31)37-28-25(33)13-19(15-34)26(36-28)24-17-38(29-23(24)14-20(32)16-35-29)43(41,42)21-9-7-18(2)8-10-21/h7-10,13-14,16-17,22,27H,4-6,11-12H2,1-3H3,(H,36,37)(H,39,40)/t22-,27?/m1/s1. The van der Waals surface area contributed by atoms with Gasteiger partial charge in [0.25, 0.3) is 10.0 Å². The number of aromatic nitrogens is 3. The molecule has 1 aliphatic carbocycles. The van der Waals surface area contributed by atoms with Gasteiger partial charge in [-0.25, -0.2) is 31.1 Å². The number of anilines is 1. The number of fused-ring (bicyclic) bond motifs is 1. The van der Waals surface area contributed by atoms with Gasteiger partial charge >= 0.3 is 5.97 Å². The number of carbonyl (C=O) groups is 1. The van der Waals surface area contributed by atoms with Crippen molar-refractivity contribution in [2.45, 2.75) is 63.8 Å². The van der Waals surface area contributed by atoms with Crippen LogP contribution in [0.3, 0.4) is 0 Å². The largest absolute Gasteiger partial charge is 0.481 e. The first kappa shape index (κ1) is 30.1. The van der Waals surface area contributed by atoms with Crippen molar-refractivity contribution in [1.82, 2.24) is 13.9 Å². The van der Waals surface area contributed by atoms with Crippen LogP contribution in [0.5, 0.6) is 0 Å². The smallest absolute Gasteiger partial charge is 0.308 e. The molecule has 43 heavy (non-hydrogen) atoms. The van der Waals surface area contributed by atoms with Crippen molar-refractivity contribution >= 4 is 32.8 Å². The lowest BCUT2D eigenvalue weighted by Crippen LogP contribution is -2.46. The summed E-state index contributed by atoms with van der Waals surface area (Å²) in [5, 5.41) is 23.0. The van der Waals surface area contributed by atoms with E-state index in [1.165, 1.54) is 18.3 Å². The van der Waals surface area contributed by atoms with Gasteiger partial charge in [-0.05, 0) is 55.9 Å². The van der Waals surface area contributed by atoms with E-state index in [9.17, 15) is 28.0 Å². The fourth-order valence-corrected chi connectivity index (χ4v) is 7.41. The van der Waals surface area contributed by atoms with E-state index < -0.39 is 45.0 Å². The maximum absolute atomic E-state index is 15.5. The number of carboxylic acid groups (broad SMARTS) is 1. The molecule has 2 atom stereocenters. The van der Waals surface area contributed by atoms with Crippen LogP contribution in [0.25, 0.3) is 22.3 Å². The van der Waals surface area contributed by atoms with E-state index in [1.54, 1.807) is 19.1 Å². The highest BCUT2D eigenvalue weighted by molar-refractivity contribution is 7.90. The molecule has 3 heterocycles. The lowest BCUT2D eigenvalue weighted by atomic mass is 9.73. The molecule has 12 heteroatoms. The summed E-state index contributed by atoms with van der Waals surface area (Å²) in [4.78, 5) is 20.7. The molecule has 0 spiro atoms. The molecule has 0 saturated heterocycles. The minimum Gasteiger partial charge on any atom is -0.481 e. The predicted octanol–water partition coefficient (Wildman–Crippen LogP) is 6.27. The second-order valence-electron chi connectivity index (χ2n) is 11.3. The number of aliphatic carboxylic acids is 1. The molecule has 1 aromatic carbocycles. The topological polar surface area (TPSA) is 138 Å². The van der Waals surface area contributed by atoms with Crippen LogP contribution in [-0.4, -0.2) is 39.5 Å². The van der Waals surface area contributed by atoms with Crippen LogP contribution in [-0.2, 0) is 14.8 Å². The Balaban J connectivity index is 1.70. The van der Waals surface area contributed by atoms with Gasteiger partial charge in [0.15, 0.2) is 17.3 Å². The van der Waals surface area contributed by atoms with E-state index in [4.69, 9.17) is 0 Å². The molecule has 0 bridgehead atoms. The fraction of sp³-hybridized carbons (Fsp3) is 0.355. The maximum Gasteiger partial charge on any atom is 0.308 e. The summed E-state index contributed by atoms with van der Waals surface area (Å²) < 4.78 is 58.2. The highest BCUT2D eigenvalue weighted by atomic mass is 32.2. The number of aryl methyl sites for hydroxylation is 1. The number of hydrogen-bond donors (Lipinski definition) is 2. The first-order valence-electron chi connectivity index (χ1n) is 14.0. The van der Waals surface area contributed by atoms with Crippen LogP contribution < -0.4 is 5.32 Å². The fourth-order valence-electron chi connectivity index (χ4n) is 6.08. The molecule has 1 unspecified atom stereocenters. The number of benzene rings is 1. The van der Waals surface area contributed by atoms with Crippen molar-refractivity contribution in [2.75, 3.05) is 5.32 Å². The van der Waals surface area contributed by atoms with Crippen molar-refractivity contribution < 1.29 is 27.1 Å². The monoisotopic (exact) mass is 607 g/mol. The second-order valence-corrected chi connectivity index (χ2v) is 13.2. The zero-order valence-electron chi connectivity index (χ0n) is 23.9. The number of pyridine rings is 2. The van der Waals surface area contributed by atoms with Gasteiger partial charge in [-0.3, -0.25) is 4.79 Å². The van der Waals surface area contributed by atoms with E-state index in [0.717, 1.165) is 53.5 Å². The molecule has 1 fully saturated rings. The van der Waals surface area contributed by atoms with Gasteiger partial charge < -0.3 is 10.4 Å².